The number of hydrogen-bond acceptors (Lipinski definition) is 7. The van der Waals surface area contributed by atoms with Crippen molar-refractivity contribution in [2.45, 2.75) is 51.7 Å². The van der Waals surface area contributed by atoms with E-state index in [0.717, 1.165) is 0 Å². The van der Waals surface area contributed by atoms with E-state index in [1.165, 1.54) is 25.3 Å². The summed E-state index contributed by atoms with van der Waals surface area (Å²) in [6.07, 6.45) is 1.58. The molecule has 4 N–H and O–H groups in total. The molecule has 0 heterocycles. The third kappa shape index (κ3) is 4.63. The van der Waals surface area contributed by atoms with Gasteiger partial charge in [0.25, 0.3) is 5.72 Å². The number of nitrogens with two attached hydrogens (primary N) is 1. The number of carbonyl (C=O) groups excluding carboxylic acids is 2. The Morgan fingerprint density at radius 1 is 1.24 bits per heavy atom. The predicted octanol–water partition coefficient (Wildman–Crippen LogP) is 2.40. The lowest BCUT2D eigenvalue weighted by Crippen LogP contribution is -2.57. The maximum absolute atomic E-state index is 12.4. The van der Waals surface area contributed by atoms with E-state index >= 15 is 0 Å². The number of ether oxygens (including phenoxy) is 2. The molecule has 3 atom stereocenters. The summed E-state index contributed by atoms with van der Waals surface area (Å²) in [4.78, 5) is 24.7. The number of esters is 2. The van der Waals surface area contributed by atoms with Crippen LogP contribution in [0.25, 0.3) is 0 Å². The Kier molecular flexibility index (Phi) is 7.23. The van der Waals surface area contributed by atoms with Crippen molar-refractivity contribution in [2.24, 2.45) is 11.7 Å². The minimum absolute atomic E-state index is 0.295. The molecule has 0 bridgehead atoms. The van der Waals surface area contributed by atoms with E-state index in [1.54, 1.807) is 6.92 Å². The van der Waals surface area contributed by atoms with Crippen LogP contribution in [0.1, 0.15) is 51.5 Å². The average Bonchev–Trinajstić information content (AvgIpc) is 2.60. The summed E-state index contributed by atoms with van der Waals surface area (Å²) in [5.74, 6) is -3.29. The first kappa shape index (κ1) is 20.8. The minimum Gasteiger partial charge on any atom is -0.504 e. The normalized spacial score (nSPS) is 15.7. The van der Waals surface area contributed by atoms with Crippen LogP contribution in [0.4, 0.5) is 0 Å². The van der Waals surface area contributed by atoms with Crippen LogP contribution in [0.5, 0.6) is 11.5 Å². The van der Waals surface area contributed by atoms with Crippen molar-refractivity contribution in [3.8, 4) is 11.5 Å². The highest BCUT2D eigenvalue weighted by Gasteiger charge is 2.48. The van der Waals surface area contributed by atoms with Crippen molar-refractivity contribution >= 4 is 11.9 Å². The fourth-order valence-corrected chi connectivity index (χ4v) is 2.52. The Balaban J connectivity index is 3.37. The van der Waals surface area contributed by atoms with E-state index in [0.29, 0.717) is 24.8 Å². The fourth-order valence-electron chi connectivity index (χ4n) is 2.52. The van der Waals surface area contributed by atoms with Gasteiger partial charge in [0, 0.05) is 5.92 Å². The van der Waals surface area contributed by atoms with Crippen molar-refractivity contribution in [3.05, 3.63) is 23.8 Å². The minimum atomic E-state index is -2.03. The van der Waals surface area contributed by atoms with Gasteiger partial charge in [0.2, 0.25) is 0 Å². The Labute approximate surface area is 147 Å². The van der Waals surface area contributed by atoms with Crippen LogP contribution in [0.2, 0.25) is 0 Å². The highest BCUT2D eigenvalue weighted by atomic mass is 16.6. The molecule has 25 heavy (non-hydrogen) atoms. The molecule has 1 unspecified atom stereocenters. The molecule has 0 radical (unpaired) electrons. The van der Waals surface area contributed by atoms with Gasteiger partial charge in [0.05, 0.1) is 13.0 Å². The van der Waals surface area contributed by atoms with Crippen LogP contribution >= 0.6 is 0 Å². The van der Waals surface area contributed by atoms with Crippen molar-refractivity contribution in [1.82, 2.24) is 0 Å². The lowest BCUT2D eigenvalue weighted by Gasteiger charge is -2.35. The zero-order chi connectivity index (χ0) is 19.2. The van der Waals surface area contributed by atoms with E-state index in [9.17, 15) is 19.8 Å². The molecule has 0 fully saturated rings. The molecule has 0 amide bonds. The van der Waals surface area contributed by atoms with Gasteiger partial charge < -0.3 is 19.7 Å². The first-order valence-corrected chi connectivity index (χ1v) is 8.33. The zero-order valence-electron chi connectivity index (χ0n) is 15.1. The summed E-state index contributed by atoms with van der Waals surface area (Å²) in [6, 6.07) is 4.12. The standard InChI is InChI=1S/C18H27NO6/c1-5-7-13(12-8-9-14(20)15(21)10-12)18(19,17(23)24-4)25-16(22)11(3)6-2/h8-11,13,20-21H,5-7,19H2,1-4H3/t11-,13?,18+/m1/s1. The van der Waals surface area contributed by atoms with Gasteiger partial charge in [-0.3, -0.25) is 10.5 Å². The summed E-state index contributed by atoms with van der Waals surface area (Å²) < 4.78 is 10.2. The quantitative estimate of drug-likeness (QED) is 0.373. The van der Waals surface area contributed by atoms with Gasteiger partial charge in [0.15, 0.2) is 11.5 Å². The van der Waals surface area contributed by atoms with Crippen LogP contribution in [0.15, 0.2) is 18.2 Å². The molecule has 0 aliphatic rings. The summed E-state index contributed by atoms with van der Waals surface area (Å²) in [5.41, 5.74) is 4.66. The molecule has 0 saturated carbocycles. The summed E-state index contributed by atoms with van der Waals surface area (Å²) in [5, 5.41) is 19.3. The van der Waals surface area contributed by atoms with Crippen LogP contribution in [0, 0.1) is 5.92 Å². The fraction of sp³-hybridized carbons (Fsp3) is 0.556. The van der Waals surface area contributed by atoms with Crippen molar-refractivity contribution in [1.29, 1.82) is 0 Å². The van der Waals surface area contributed by atoms with E-state index in [1.807, 2.05) is 13.8 Å². The number of carbonyl (C=O) groups is 2. The lowest BCUT2D eigenvalue weighted by atomic mass is 9.84. The van der Waals surface area contributed by atoms with Crippen molar-refractivity contribution in [3.63, 3.8) is 0 Å². The van der Waals surface area contributed by atoms with Gasteiger partial charge in [0.1, 0.15) is 0 Å². The van der Waals surface area contributed by atoms with E-state index < -0.39 is 29.5 Å². The van der Waals surface area contributed by atoms with E-state index in [-0.39, 0.29) is 11.5 Å². The third-order valence-corrected chi connectivity index (χ3v) is 4.29. The molecule has 1 aromatic rings. The number of hydrogen-bond donors (Lipinski definition) is 3. The van der Waals surface area contributed by atoms with Crippen LogP contribution in [-0.4, -0.2) is 35.0 Å². The summed E-state index contributed by atoms with van der Waals surface area (Å²) >= 11 is 0. The molecule has 0 aliphatic carbocycles. The molecule has 1 aromatic carbocycles. The monoisotopic (exact) mass is 353 g/mol. The summed E-state index contributed by atoms with van der Waals surface area (Å²) in [6.45, 7) is 5.40. The van der Waals surface area contributed by atoms with Gasteiger partial charge >= 0.3 is 11.9 Å². The molecular formula is C18H27NO6. The largest absolute Gasteiger partial charge is 0.504 e. The Bertz CT molecular complexity index is 618. The molecular weight excluding hydrogens is 326 g/mol. The van der Waals surface area contributed by atoms with Crippen molar-refractivity contribution < 1.29 is 29.3 Å². The van der Waals surface area contributed by atoms with Gasteiger partial charge in [-0.05, 0) is 30.5 Å². The molecule has 140 valence electrons. The molecule has 7 nitrogen and oxygen atoms in total. The first-order chi connectivity index (χ1) is 11.7. The number of benzene rings is 1. The number of rotatable bonds is 8. The van der Waals surface area contributed by atoms with Crippen LogP contribution in [-0.2, 0) is 19.1 Å². The maximum atomic E-state index is 12.4. The topological polar surface area (TPSA) is 119 Å². The van der Waals surface area contributed by atoms with Crippen LogP contribution < -0.4 is 5.73 Å². The van der Waals surface area contributed by atoms with Gasteiger partial charge in [-0.15, -0.1) is 0 Å². The molecule has 1 rings (SSSR count). The highest BCUT2D eigenvalue weighted by molar-refractivity contribution is 5.84. The maximum Gasteiger partial charge on any atom is 0.366 e. The second-order valence-corrected chi connectivity index (χ2v) is 6.10. The highest BCUT2D eigenvalue weighted by Crippen LogP contribution is 2.37. The number of methoxy groups -OCH3 is 1. The smallest absolute Gasteiger partial charge is 0.366 e. The lowest BCUT2D eigenvalue weighted by molar-refractivity contribution is -0.186. The van der Waals surface area contributed by atoms with Gasteiger partial charge in [-0.25, -0.2) is 4.79 Å². The zero-order valence-corrected chi connectivity index (χ0v) is 15.1. The molecule has 0 aromatic heterocycles. The van der Waals surface area contributed by atoms with Crippen LogP contribution in [0.3, 0.4) is 0 Å². The van der Waals surface area contributed by atoms with E-state index in [2.05, 4.69) is 0 Å². The number of phenols is 2. The number of aromatic hydroxyl groups is 2. The average molecular weight is 353 g/mol. The second kappa shape index (κ2) is 8.71. The van der Waals surface area contributed by atoms with Gasteiger partial charge in [-0.1, -0.05) is 33.3 Å². The second-order valence-electron chi connectivity index (χ2n) is 6.10. The predicted molar refractivity (Wildman–Crippen MR) is 91.9 cm³/mol. The van der Waals surface area contributed by atoms with E-state index in [4.69, 9.17) is 15.2 Å². The SMILES string of the molecule is CCCC(c1ccc(O)c(O)c1)[C@](N)(OC(=O)[C@H](C)CC)C(=O)OC. The van der Waals surface area contributed by atoms with Crippen molar-refractivity contribution in [2.75, 3.05) is 7.11 Å². The molecule has 0 spiro atoms. The Hall–Kier alpha value is -2.28. The third-order valence-electron chi connectivity index (χ3n) is 4.29. The Morgan fingerprint density at radius 2 is 1.88 bits per heavy atom. The molecule has 7 heteroatoms. The summed E-state index contributed by atoms with van der Waals surface area (Å²) in [7, 11) is 1.17. The van der Waals surface area contributed by atoms with Gasteiger partial charge in [-0.2, -0.15) is 0 Å². The first-order valence-electron chi connectivity index (χ1n) is 8.33. The molecule has 0 aliphatic heterocycles. The number of phenolic OH excluding ortho intramolecular Hbond substituents is 2. The molecule has 0 saturated heterocycles. The Morgan fingerprint density at radius 3 is 2.36 bits per heavy atom.